The zero-order valence-electron chi connectivity index (χ0n) is 14.3. The average Bonchev–Trinajstić information content (AvgIpc) is 2.51. The molecular formula is C18H28N2O3. The Labute approximate surface area is 138 Å². The van der Waals surface area contributed by atoms with Crippen LogP contribution in [0.5, 0.6) is 0 Å². The van der Waals surface area contributed by atoms with Crippen molar-refractivity contribution >= 4 is 5.91 Å². The van der Waals surface area contributed by atoms with E-state index in [-0.39, 0.29) is 18.5 Å². The average molecular weight is 320 g/mol. The second-order valence-corrected chi connectivity index (χ2v) is 6.19. The predicted octanol–water partition coefficient (Wildman–Crippen LogP) is 1.43. The van der Waals surface area contributed by atoms with E-state index >= 15 is 0 Å². The van der Waals surface area contributed by atoms with Crippen LogP contribution in [0.25, 0.3) is 0 Å². The normalized spacial score (nSPS) is 18.6. The molecule has 1 aromatic rings. The molecule has 1 amide bonds. The first-order valence-corrected chi connectivity index (χ1v) is 8.38. The standard InChI is InChI=1S/C18H28N2O3/c1-4-23-12-17-16-9-13(2)5-6-15(16)7-8-20(17)18(22)11-19-10-14(3)21/h5-6,9,14,17,19,21H,4,7-8,10-12H2,1-3H3. The van der Waals surface area contributed by atoms with Gasteiger partial charge in [0.05, 0.1) is 25.3 Å². The number of carbonyl (C=O) groups is 1. The third kappa shape index (κ3) is 4.77. The lowest BCUT2D eigenvalue weighted by Gasteiger charge is -2.37. The fourth-order valence-corrected chi connectivity index (χ4v) is 3.01. The molecule has 23 heavy (non-hydrogen) atoms. The summed E-state index contributed by atoms with van der Waals surface area (Å²) in [7, 11) is 0. The van der Waals surface area contributed by atoms with Crippen molar-refractivity contribution < 1.29 is 14.6 Å². The highest BCUT2D eigenvalue weighted by molar-refractivity contribution is 5.79. The molecule has 1 heterocycles. The summed E-state index contributed by atoms with van der Waals surface area (Å²) in [5, 5.41) is 12.3. The zero-order chi connectivity index (χ0) is 16.8. The highest BCUT2D eigenvalue weighted by atomic mass is 16.5. The van der Waals surface area contributed by atoms with Gasteiger partial charge in [-0.05, 0) is 38.3 Å². The highest BCUT2D eigenvalue weighted by Gasteiger charge is 2.30. The Morgan fingerprint density at radius 3 is 3.00 bits per heavy atom. The molecule has 2 rings (SSSR count). The fraction of sp³-hybridized carbons (Fsp3) is 0.611. The van der Waals surface area contributed by atoms with Gasteiger partial charge >= 0.3 is 0 Å². The van der Waals surface area contributed by atoms with Gasteiger partial charge in [-0.15, -0.1) is 0 Å². The van der Waals surface area contributed by atoms with Crippen LogP contribution < -0.4 is 5.32 Å². The van der Waals surface area contributed by atoms with E-state index in [9.17, 15) is 9.90 Å². The van der Waals surface area contributed by atoms with E-state index < -0.39 is 6.10 Å². The molecule has 0 fully saturated rings. The number of aliphatic hydroxyl groups is 1. The van der Waals surface area contributed by atoms with Crippen molar-refractivity contribution in [2.75, 3.05) is 32.8 Å². The summed E-state index contributed by atoms with van der Waals surface area (Å²) in [5.41, 5.74) is 3.71. The summed E-state index contributed by atoms with van der Waals surface area (Å²) in [6.07, 6.45) is 0.423. The SMILES string of the molecule is CCOCC1c2cc(C)ccc2CCN1C(=O)CNCC(C)O. The van der Waals surface area contributed by atoms with E-state index in [4.69, 9.17) is 4.74 Å². The molecule has 0 spiro atoms. The minimum absolute atomic E-state index is 0.0283. The van der Waals surface area contributed by atoms with Crippen LogP contribution in [0, 0.1) is 6.92 Å². The number of amides is 1. The number of aliphatic hydroxyl groups excluding tert-OH is 1. The van der Waals surface area contributed by atoms with Crippen LogP contribution in [-0.4, -0.2) is 54.9 Å². The van der Waals surface area contributed by atoms with Crippen LogP contribution in [0.1, 0.15) is 36.6 Å². The second-order valence-electron chi connectivity index (χ2n) is 6.19. The molecule has 5 heteroatoms. The first-order chi connectivity index (χ1) is 11.0. The number of fused-ring (bicyclic) bond motifs is 1. The molecular weight excluding hydrogens is 292 g/mol. The maximum absolute atomic E-state index is 12.6. The van der Waals surface area contributed by atoms with Crippen LogP contribution in [0.2, 0.25) is 0 Å². The Balaban J connectivity index is 2.13. The number of rotatable bonds is 7. The summed E-state index contributed by atoms with van der Waals surface area (Å²) >= 11 is 0. The Hall–Kier alpha value is -1.43. The van der Waals surface area contributed by atoms with E-state index in [2.05, 4.69) is 30.4 Å². The van der Waals surface area contributed by atoms with Gasteiger partial charge in [0.2, 0.25) is 5.91 Å². The van der Waals surface area contributed by atoms with Crippen LogP contribution in [0.15, 0.2) is 18.2 Å². The van der Waals surface area contributed by atoms with E-state index in [1.807, 2.05) is 11.8 Å². The van der Waals surface area contributed by atoms with Crippen LogP contribution in [0.3, 0.4) is 0 Å². The van der Waals surface area contributed by atoms with E-state index in [0.29, 0.717) is 26.3 Å². The molecule has 2 N–H and O–H groups in total. The van der Waals surface area contributed by atoms with E-state index in [0.717, 1.165) is 6.42 Å². The summed E-state index contributed by atoms with van der Waals surface area (Å²) in [4.78, 5) is 14.5. The van der Waals surface area contributed by atoms with Crippen LogP contribution in [-0.2, 0) is 16.0 Å². The lowest BCUT2D eigenvalue weighted by molar-refractivity contribution is -0.134. The predicted molar refractivity (Wildman–Crippen MR) is 90.4 cm³/mol. The summed E-state index contributed by atoms with van der Waals surface area (Å²) in [6.45, 7) is 8.28. The number of ether oxygens (including phenoxy) is 1. The van der Waals surface area contributed by atoms with Gasteiger partial charge in [0.1, 0.15) is 0 Å². The Morgan fingerprint density at radius 1 is 1.52 bits per heavy atom. The fourth-order valence-electron chi connectivity index (χ4n) is 3.01. The van der Waals surface area contributed by atoms with Crippen molar-refractivity contribution in [2.45, 2.75) is 39.3 Å². The van der Waals surface area contributed by atoms with Gasteiger partial charge in [-0.25, -0.2) is 0 Å². The van der Waals surface area contributed by atoms with Crippen molar-refractivity contribution in [3.8, 4) is 0 Å². The lowest BCUT2D eigenvalue weighted by Crippen LogP contribution is -2.46. The Bertz CT molecular complexity index is 531. The number of hydrogen-bond acceptors (Lipinski definition) is 4. The molecule has 0 bridgehead atoms. The summed E-state index contributed by atoms with van der Waals surface area (Å²) in [6, 6.07) is 6.43. The molecule has 0 radical (unpaired) electrons. The van der Waals surface area contributed by atoms with Gasteiger partial charge in [-0.1, -0.05) is 23.8 Å². The number of nitrogens with one attached hydrogen (secondary N) is 1. The third-order valence-electron chi connectivity index (χ3n) is 4.17. The van der Waals surface area contributed by atoms with Crippen molar-refractivity contribution in [3.63, 3.8) is 0 Å². The summed E-state index contributed by atoms with van der Waals surface area (Å²) in [5.74, 6) is 0.0579. The topological polar surface area (TPSA) is 61.8 Å². The zero-order valence-corrected chi connectivity index (χ0v) is 14.3. The van der Waals surface area contributed by atoms with Crippen LogP contribution in [0.4, 0.5) is 0 Å². The first-order valence-electron chi connectivity index (χ1n) is 8.38. The number of nitrogens with zero attached hydrogens (tertiary/aromatic N) is 1. The van der Waals surface area contributed by atoms with Gasteiger partial charge in [0.25, 0.3) is 0 Å². The molecule has 128 valence electrons. The Morgan fingerprint density at radius 2 is 2.30 bits per heavy atom. The number of carbonyl (C=O) groups excluding carboxylic acids is 1. The van der Waals surface area contributed by atoms with Gasteiger partial charge in [0, 0.05) is 19.7 Å². The monoisotopic (exact) mass is 320 g/mol. The van der Waals surface area contributed by atoms with E-state index in [1.165, 1.54) is 16.7 Å². The summed E-state index contributed by atoms with van der Waals surface area (Å²) < 4.78 is 5.64. The number of benzene rings is 1. The van der Waals surface area contributed by atoms with Crippen LogP contribution >= 0.6 is 0 Å². The van der Waals surface area contributed by atoms with Gasteiger partial charge in [0.15, 0.2) is 0 Å². The molecule has 1 aliphatic rings. The third-order valence-corrected chi connectivity index (χ3v) is 4.17. The van der Waals surface area contributed by atoms with Gasteiger partial charge < -0.3 is 20.1 Å². The molecule has 0 saturated carbocycles. The molecule has 1 aromatic carbocycles. The minimum atomic E-state index is -0.452. The minimum Gasteiger partial charge on any atom is -0.392 e. The van der Waals surface area contributed by atoms with Crippen molar-refractivity contribution in [3.05, 3.63) is 34.9 Å². The van der Waals surface area contributed by atoms with Gasteiger partial charge in [-0.3, -0.25) is 4.79 Å². The molecule has 1 aliphatic heterocycles. The maximum atomic E-state index is 12.6. The quantitative estimate of drug-likeness (QED) is 0.798. The number of hydrogen-bond donors (Lipinski definition) is 2. The van der Waals surface area contributed by atoms with Gasteiger partial charge in [-0.2, -0.15) is 0 Å². The number of aryl methyl sites for hydroxylation is 1. The van der Waals surface area contributed by atoms with E-state index in [1.54, 1.807) is 6.92 Å². The Kier molecular flexibility index (Phi) is 6.57. The lowest BCUT2D eigenvalue weighted by atomic mass is 9.91. The molecule has 2 unspecified atom stereocenters. The van der Waals surface area contributed by atoms with Crippen molar-refractivity contribution in [1.82, 2.24) is 10.2 Å². The van der Waals surface area contributed by atoms with Crippen molar-refractivity contribution in [1.29, 1.82) is 0 Å². The molecule has 0 saturated heterocycles. The first kappa shape index (κ1) is 17.9. The molecule has 5 nitrogen and oxygen atoms in total. The maximum Gasteiger partial charge on any atom is 0.237 e. The highest BCUT2D eigenvalue weighted by Crippen LogP contribution is 2.30. The molecule has 0 aliphatic carbocycles. The molecule has 2 atom stereocenters. The second kappa shape index (κ2) is 8.43. The van der Waals surface area contributed by atoms with Crippen molar-refractivity contribution in [2.24, 2.45) is 0 Å². The largest absolute Gasteiger partial charge is 0.392 e. The smallest absolute Gasteiger partial charge is 0.237 e. The molecule has 0 aromatic heterocycles.